The van der Waals surface area contributed by atoms with Gasteiger partial charge in [-0.3, -0.25) is 4.79 Å². The van der Waals surface area contributed by atoms with E-state index in [-0.39, 0.29) is 18.4 Å². The lowest BCUT2D eigenvalue weighted by atomic mass is 10.2. The van der Waals surface area contributed by atoms with Crippen molar-refractivity contribution < 1.29 is 14.3 Å². The summed E-state index contributed by atoms with van der Waals surface area (Å²) in [4.78, 5) is 10.6. The van der Waals surface area contributed by atoms with Gasteiger partial charge in [0.15, 0.2) is 0 Å². The van der Waals surface area contributed by atoms with Crippen LogP contribution in [0.25, 0.3) is 0 Å². The zero-order chi connectivity index (χ0) is 8.27. The third-order valence-electron chi connectivity index (χ3n) is 1.49. The van der Waals surface area contributed by atoms with Crippen molar-refractivity contribution in [3.63, 3.8) is 0 Å². The Bertz CT molecular complexity index is 149. The van der Waals surface area contributed by atoms with Gasteiger partial charge in [-0.05, 0) is 6.42 Å². The Morgan fingerprint density at radius 1 is 1.82 bits per heavy atom. The van der Waals surface area contributed by atoms with Gasteiger partial charge in [0.1, 0.15) is 0 Å². The van der Waals surface area contributed by atoms with Crippen LogP contribution >= 0.6 is 0 Å². The van der Waals surface area contributed by atoms with Crippen LogP contribution in [0.3, 0.4) is 0 Å². The lowest BCUT2D eigenvalue weighted by Gasteiger charge is -2.13. The van der Waals surface area contributed by atoms with Crippen molar-refractivity contribution in [2.24, 2.45) is 5.73 Å². The van der Waals surface area contributed by atoms with E-state index in [1.54, 1.807) is 0 Å². The molecule has 4 heteroatoms. The smallest absolute Gasteiger partial charge is 0.309 e. The predicted molar refractivity (Wildman–Crippen MR) is 38.7 cm³/mol. The van der Waals surface area contributed by atoms with Gasteiger partial charge in [0.05, 0.1) is 19.1 Å². The van der Waals surface area contributed by atoms with Crippen molar-refractivity contribution in [1.29, 1.82) is 0 Å². The first kappa shape index (κ1) is 8.49. The van der Waals surface area contributed by atoms with Crippen LogP contribution < -0.4 is 5.73 Å². The van der Waals surface area contributed by atoms with Crippen molar-refractivity contribution in [3.05, 3.63) is 0 Å². The molecule has 0 aromatic rings. The lowest BCUT2D eigenvalue weighted by molar-refractivity contribution is -0.163. The van der Waals surface area contributed by atoms with E-state index in [4.69, 9.17) is 15.2 Å². The maximum Gasteiger partial charge on any atom is 0.309 e. The summed E-state index contributed by atoms with van der Waals surface area (Å²) in [5.41, 5.74) is 5.54. The summed E-state index contributed by atoms with van der Waals surface area (Å²) in [5.74, 6) is -0.265. The van der Waals surface area contributed by atoms with Gasteiger partial charge < -0.3 is 15.2 Å². The molecule has 0 aromatic carbocycles. The van der Waals surface area contributed by atoms with Crippen molar-refractivity contribution in [2.45, 2.75) is 32.1 Å². The minimum atomic E-state index is -0.512. The molecule has 1 rings (SSSR count). The number of carbonyl (C=O) groups is 1. The molecule has 0 spiro atoms. The molecule has 1 saturated heterocycles. The van der Waals surface area contributed by atoms with E-state index < -0.39 is 6.29 Å². The molecule has 1 aliphatic rings. The SMILES string of the molecule is CCCO[C@H]1OC(=O)C[C@@H]1N. The van der Waals surface area contributed by atoms with Crippen LogP contribution in [0, 0.1) is 0 Å². The molecule has 0 bridgehead atoms. The Balaban J connectivity index is 2.28. The van der Waals surface area contributed by atoms with E-state index >= 15 is 0 Å². The summed E-state index contributed by atoms with van der Waals surface area (Å²) < 4.78 is 9.96. The van der Waals surface area contributed by atoms with Crippen molar-refractivity contribution in [2.75, 3.05) is 6.61 Å². The van der Waals surface area contributed by atoms with E-state index in [0.29, 0.717) is 6.61 Å². The number of rotatable bonds is 3. The summed E-state index contributed by atoms with van der Waals surface area (Å²) in [6.07, 6.45) is 0.664. The van der Waals surface area contributed by atoms with Gasteiger partial charge in [0.2, 0.25) is 6.29 Å². The summed E-state index contributed by atoms with van der Waals surface area (Å²) in [5, 5.41) is 0. The largest absolute Gasteiger partial charge is 0.434 e. The molecule has 0 amide bonds. The first-order valence-electron chi connectivity index (χ1n) is 3.80. The molecule has 0 saturated carbocycles. The molecule has 1 aliphatic heterocycles. The Labute approximate surface area is 65.7 Å². The van der Waals surface area contributed by atoms with Crippen LogP contribution in [0.15, 0.2) is 0 Å². The van der Waals surface area contributed by atoms with Gasteiger partial charge in [-0.2, -0.15) is 0 Å². The Morgan fingerprint density at radius 3 is 3.00 bits per heavy atom. The van der Waals surface area contributed by atoms with Crippen LogP contribution in [0.2, 0.25) is 0 Å². The van der Waals surface area contributed by atoms with Crippen molar-refractivity contribution in [3.8, 4) is 0 Å². The molecule has 1 heterocycles. The van der Waals surface area contributed by atoms with E-state index in [1.165, 1.54) is 0 Å². The predicted octanol–water partition coefficient (Wildman–Crippen LogP) is 0.0133. The third-order valence-corrected chi connectivity index (χ3v) is 1.49. The van der Waals surface area contributed by atoms with Crippen LogP contribution in [0.1, 0.15) is 19.8 Å². The quantitative estimate of drug-likeness (QED) is 0.589. The molecule has 64 valence electrons. The fourth-order valence-electron chi connectivity index (χ4n) is 0.945. The Kier molecular flexibility index (Phi) is 2.84. The number of hydrogen-bond acceptors (Lipinski definition) is 4. The molecule has 1 fully saturated rings. The molecule has 2 atom stereocenters. The highest BCUT2D eigenvalue weighted by molar-refractivity contribution is 5.72. The lowest BCUT2D eigenvalue weighted by Crippen LogP contribution is -2.32. The molecule has 0 aliphatic carbocycles. The van der Waals surface area contributed by atoms with Gasteiger partial charge in [-0.1, -0.05) is 6.92 Å². The molecular formula is C7H13NO3. The van der Waals surface area contributed by atoms with E-state index in [9.17, 15) is 4.79 Å². The molecular weight excluding hydrogens is 146 g/mol. The average Bonchev–Trinajstić information content (AvgIpc) is 2.26. The van der Waals surface area contributed by atoms with E-state index in [1.807, 2.05) is 6.92 Å². The first-order valence-corrected chi connectivity index (χ1v) is 3.80. The van der Waals surface area contributed by atoms with Crippen LogP contribution in [-0.4, -0.2) is 24.9 Å². The summed E-state index contributed by atoms with van der Waals surface area (Å²) >= 11 is 0. The summed E-state index contributed by atoms with van der Waals surface area (Å²) in [6.45, 7) is 2.58. The molecule has 4 nitrogen and oxygen atoms in total. The van der Waals surface area contributed by atoms with Crippen molar-refractivity contribution >= 4 is 5.97 Å². The minimum Gasteiger partial charge on any atom is -0.434 e. The second-order valence-corrected chi connectivity index (χ2v) is 2.60. The highest BCUT2D eigenvalue weighted by Crippen LogP contribution is 2.13. The maximum atomic E-state index is 10.6. The topological polar surface area (TPSA) is 61.5 Å². The zero-order valence-corrected chi connectivity index (χ0v) is 6.58. The number of hydrogen-bond donors (Lipinski definition) is 1. The van der Waals surface area contributed by atoms with Gasteiger partial charge >= 0.3 is 5.97 Å². The number of ether oxygens (including phenoxy) is 2. The summed E-state index contributed by atoms with van der Waals surface area (Å²) in [7, 11) is 0. The average molecular weight is 159 g/mol. The molecule has 0 unspecified atom stereocenters. The Morgan fingerprint density at radius 2 is 2.55 bits per heavy atom. The van der Waals surface area contributed by atoms with Crippen LogP contribution in [0.4, 0.5) is 0 Å². The standard InChI is InChI=1S/C7H13NO3/c1-2-3-10-7-5(8)4-6(9)11-7/h5,7H,2-4,8H2,1H3/t5-,7-/m0/s1. The zero-order valence-electron chi connectivity index (χ0n) is 6.58. The maximum absolute atomic E-state index is 10.6. The molecule has 2 N–H and O–H groups in total. The van der Waals surface area contributed by atoms with Gasteiger partial charge in [0.25, 0.3) is 0 Å². The molecule has 0 radical (unpaired) electrons. The number of esters is 1. The fraction of sp³-hybridized carbons (Fsp3) is 0.857. The first-order chi connectivity index (χ1) is 5.24. The van der Waals surface area contributed by atoms with E-state index in [2.05, 4.69) is 0 Å². The van der Waals surface area contributed by atoms with Gasteiger partial charge in [-0.25, -0.2) is 0 Å². The minimum absolute atomic E-state index is 0.265. The number of cyclic esters (lactones) is 1. The summed E-state index contributed by atoms with van der Waals surface area (Å²) in [6, 6.07) is -0.283. The van der Waals surface area contributed by atoms with Crippen LogP contribution in [0.5, 0.6) is 0 Å². The van der Waals surface area contributed by atoms with Gasteiger partial charge in [0, 0.05) is 0 Å². The highest BCUT2D eigenvalue weighted by Gasteiger charge is 2.32. The number of nitrogens with two attached hydrogens (primary N) is 1. The highest BCUT2D eigenvalue weighted by atomic mass is 16.7. The molecule has 11 heavy (non-hydrogen) atoms. The van der Waals surface area contributed by atoms with Crippen molar-refractivity contribution in [1.82, 2.24) is 0 Å². The second kappa shape index (κ2) is 3.69. The monoisotopic (exact) mass is 159 g/mol. The van der Waals surface area contributed by atoms with Gasteiger partial charge in [-0.15, -0.1) is 0 Å². The third kappa shape index (κ3) is 2.17. The molecule has 0 aromatic heterocycles. The fourth-order valence-corrected chi connectivity index (χ4v) is 0.945. The van der Waals surface area contributed by atoms with Crippen LogP contribution in [-0.2, 0) is 14.3 Å². The number of carbonyl (C=O) groups excluding carboxylic acids is 1. The Hall–Kier alpha value is -0.610. The van der Waals surface area contributed by atoms with E-state index in [0.717, 1.165) is 6.42 Å². The second-order valence-electron chi connectivity index (χ2n) is 2.60. The normalized spacial score (nSPS) is 30.5.